The molecule has 0 atom stereocenters. The fraction of sp³-hybridized carbons (Fsp3) is 0.438. The summed E-state index contributed by atoms with van der Waals surface area (Å²) in [5.41, 5.74) is 2.36. The van der Waals surface area contributed by atoms with Crippen molar-refractivity contribution < 1.29 is 4.79 Å². The number of rotatable bonds is 3. The second-order valence-electron chi connectivity index (χ2n) is 5.38. The molecule has 0 spiro atoms. The molecule has 1 aromatic carbocycles. The highest BCUT2D eigenvalue weighted by molar-refractivity contribution is 5.86. The van der Waals surface area contributed by atoms with E-state index in [2.05, 4.69) is 29.7 Å². The van der Waals surface area contributed by atoms with Crippen molar-refractivity contribution in [3.63, 3.8) is 0 Å². The summed E-state index contributed by atoms with van der Waals surface area (Å²) >= 11 is 0. The van der Waals surface area contributed by atoms with Gasteiger partial charge in [0.2, 0.25) is 0 Å². The number of carbonyl (C=O) groups excluding carboxylic acids is 1. The molecule has 1 aromatic heterocycles. The van der Waals surface area contributed by atoms with Crippen molar-refractivity contribution >= 4 is 16.7 Å². The molecule has 1 saturated carbocycles. The van der Waals surface area contributed by atoms with Gasteiger partial charge in [0.05, 0.1) is 6.54 Å². The first kappa shape index (κ1) is 11.5. The van der Waals surface area contributed by atoms with Gasteiger partial charge in [-0.1, -0.05) is 31.0 Å². The highest BCUT2D eigenvalue weighted by atomic mass is 16.1. The second kappa shape index (κ2) is 4.60. The molecule has 0 radical (unpaired) electrons. The summed E-state index contributed by atoms with van der Waals surface area (Å²) in [5, 5.41) is 1.23. The minimum absolute atomic E-state index is 0.311. The van der Waals surface area contributed by atoms with Crippen molar-refractivity contribution in [1.82, 2.24) is 4.57 Å². The maximum atomic E-state index is 12.3. The Morgan fingerprint density at radius 1 is 1.28 bits per heavy atom. The Balaban J connectivity index is 1.89. The number of ketones is 1. The highest BCUT2D eigenvalue weighted by Crippen LogP contribution is 2.27. The van der Waals surface area contributed by atoms with Crippen LogP contribution in [0.25, 0.3) is 10.9 Å². The van der Waals surface area contributed by atoms with E-state index >= 15 is 0 Å². The van der Waals surface area contributed by atoms with Crippen LogP contribution in [-0.4, -0.2) is 10.4 Å². The van der Waals surface area contributed by atoms with Crippen LogP contribution < -0.4 is 0 Å². The lowest BCUT2D eigenvalue weighted by Gasteiger charge is -2.11. The predicted molar refractivity (Wildman–Crippen MR) is 73.6 cm³/mol. The molecule has 2 aromatic rings. The molecule has 0 unspecified atom stereocenters. The maximum Gasteiger partial charge on any atom is 0.155 e. The largest absolute Gasteiger partial charge is 0.337 e. The normalized spacial score (nSPS) is 16.5. The lowest BCUT2D eigenvalue weighted by atomic mass is 10.0. The molecule has 0 N–H and O–H groups in total. The summed E-state index contributed by atoms with van der Waals surface area (Å²) in [6.07, 6.45) is 4.64. The quantitative estimate of drug-likeness (QED) is 0.803. The van der Waals surface area contributed by atoms with Crippen LogP contribution >= 0.6 is 0 Å². The van der Waals surface area contributed by atoms with Gasteiger partial charge in [-0.25, -0.2) is 0 Å². The Bertz CT molecular complexity index is 576. The van der Waals surface area contributed by atoms with Gasteiger partial charge in [-0.05, 0) is 37.3 Å². The molecule has 94 valence electrons. The molecule has 2 nitrogen and oxygen atoms in total. The predicted octanol–water partition coefficient (Wildman–Crippen LogP) is 3.71. The fourth-order valence-corrected chi connectivity index (χ4v) is 3.09. The third kappa shape index (κ3) is 1.96. The number of benzene rings is 1. The van der Waals surface area contributed by atoms with E-state index < -0.39 is 0 Å². The molecular formula is C16H19NO. The van der Waals surface area contributed by atoms with Gasteiger partial charge in [0.25, 0.3) is 0 Å². The second-order valence-corrected chi connectivity index (χ2v) is 5.38. The van der Waals surface area contributed by atoms with Crippen LogP contribution in [0.2, 0.25) is 0 Å². The van der Waals surface area contributed by atoms with Crippen LogP contribution in [0, 0.1) is 12.8 Å². The zero-order chi connectivity index (χ0) is 12.5. The average Bonchev–Trinajstić information content (AvgIpc) is 2.98. The standard InChI is InChI=1S/C16H19NO/c1-12-10-14-8-4-5-9-15(14)17(12)11-16(18)13-6-2-3-7-13/h4-5,8-10,13H,2-3,6-7,11H2,1H3. The van der Waals surface area contributed by atoms with E-state index in [1.54, 1.807) is 0 Å². The van der Waals surface area contributed by atoms with Gasteiger partial charge in [-0.3, -0.25) is 4.79 Å². The van der Waals surface area contributed by atoms with Crippen LogP contribution in [-0.2, 0) is 11.3 Å². The Kier molecular flexibility index (Phi) is 2.94. The topological polar surface area (TPSA) is 22.0 Å². The Labute approximate surface area is 108 Å². The number of hydrogen-bond donors (Lipinski definition) is 0. The van der Waals surface area contributed by atoms with Crippen molar-refractivity contribution in [1.29, 1.82) is 0 Å². The first-order chi connectivity index (χ1) is 8.75. The van der Waals surface area contributed by atoms with Crippen LogP contribution in [0.4, 0.5) is 0 Å². The molecule has 3 rings (SSSR count). The monoisotopic (exact) mass is 241 g/mol. The zero-order valence-corrected chi connectivity index (χ0v) is 10.9. The molecule has 1 aliphatic carbocycles. The van der Waals surface area contributed by atoms with E-state index in [4.69, 9.17) is 0 Å². The SMILES string of the molecule is Cc1cc2ccccc2n1CC(=O)C1CCCC1. The maximum absolute atomic E-state index is 12.3. The van der Waals surface area contributed by atoms with Crippen LogP contribution in [0.1, 0.15) is 31.4 Å². The van der Waals surface area contributed by atoms with E-state index in [9.17, 15) is 4.79 Å². The van der Waals surface area contributed by atoms with Gasteiger partial charge in [0, 0.05) is 17.1 Å². The van der Waals surface area contributed by atoms with Crippen LogP contribution in [0.5, 0.6) is 0 Å². The fourth-order valence-electron chi connectivity index (χ4n) is 3.09. The Morgan fingerprint density at radius 2 is 2.00 bits per heavy atom. The molecule has 18 heavy (non-hydrogen) atoms. The molecular weight excluding hydrogens is 222 g/mol. The van der Waals surface area contributed by atoms with Gasteiger partial charge < -0.3 is 4.57 Å². The van der Waals surface area contributed by atoms with Gasteiger partial charge in [0.15, 0.2) is 5.78 Å². The minimum Gasteiger partial charge on any atom is -0.337 e. The van der Waals surface area contributed by atoms with E-state index in [1.807, 2.05) is 12.1 Å². The number of aryl methyl sites for hydroxylation is 1. The number of aromatic nitrogens is 1. The first-order valence-electron chi connectivity index (χ1n) is 6.83. The van der Waals surface area contributed by atoms with Crippen molar-refractivity contribution in [3.05, 3.63) is 36.0 Å². The van der Waals surface area contributed by atoms with Crippen LogP contribution in [0.15, 0.2) is 30.3 Å². The molecule has 0 saturated heterocycles. The van der Waals surface area contributed by atoms with Crippen molar-refractivity contribution in [2.24, 2.45) is 5.92 Å². The highest BCUT2D eigenvalue weighted by Gasteiger charge is 2.23. The molecule has 1 heterocycles. The van der Waals surface area contributed by atoms with E-state index in [1.165, 1.54) is 29.4 Å². The summed E-state index contributed by atoms with van der Waals surface area (Å²) < 4.78 is 2.16. The minimum atomic E-state index is 0.311. The lowest BCUT2D eigenvalue weighted by Crippen LogP contribution is -2.18. The molecule has 1 fully saturated rings. The number of carbonyl (C=O) groups is 1. The van der Waals surface area contributed by atoms with Crippen molar-refractivity contribution in [2.45, 2.75) is 39.2 Å². The molecule has 0 amide bonds. The summed E-state index contributed by atoms with van der Waals surface area (Å²) in [7, 11) is 0. The zero-order valence-electron chi connectivity index (χ0n) is 10.9. The Morgan fingerprint density at radius 3 is 2.78 bits per heavy atom. The summed E-state index contributed by atoms with van der Waals surface area (Å²) in [6.45, 7) is 2.63. The summed E-state index contributed by atoms with van der Waals surface area (Å²) in [4.78, 5) is 12.3. The van der Waals surface area contributed by atoms with Gasteiger partial charge in [-0.15, -0.1) is 0 Å². The molecule has 0 aliphatic heterocycles. The molecule has 0 bridgehead atoms. The molecule has 1 aliphatic rings. The summed E-state index contributed by atoms with van der Waals surface area (Å²) in [6, 6.07) is 10.5. The average molecular weight is 241 g/mol. The molecule has 2 heteroatoms. The van der Waals surface area contributed by atoms with E-state index in [0.717, 1.165) is 12.8 Å². The van der Waals surface area contributed by atoms with Gasteiger partial charge in [0.1, 0.15) is 0 Å². The van der Waals surface area contributed by atoms with E-state index in [-0.39, 0.29) is 0 Å². The number of hydrogen-bond acceptors (Lipinski definition) is 1. The smallest absolute Gasteiger partial charge is 0.155 e. The lowest BCUT2D eigenvalue weighted by molar-refractivity contribution is -0.123. The Hall–Kier alpha value is -1.57. The third-order valence-corrected chi connectivity index (χ3v) is 4.14. The van der Waals surface area contributed by atoms with Gasteiger partial charge in [-0.2, -0.15) is 0 Å². The van der Waals surface area contributed by atoms with Gasteiger partial charge >= 0.3 is 0 Å². The first-order valence-corrected chi connectivity index (χ1v) is 6.83. The number of nitrogens with zero attached hydrogens (tertiary/aromatic N) is 1. The van der Waals surface area contributed by atoms with E-state index in [0.29, 0.717) is 18.2 Å². The van der Waals surface area contributed by atoms with Crippen LogP contribution in [0.3, 0.4) is 0 Å². The van der Waals surface area contributed by atoms with Crippen molar-refractivity contribution in [3.8, 4) is 0 Å². The third-order valence-electron chi connectivity index (χ3n) is 4.14. The number of Topliss-reactive ketones (excluding diaryl/α,β-unsaturated/α-hetero) is 1. The number of para-hydroxylation sites is 1. The van der Waals surface area contributed by atoms with Crippen molar-refractivity contribution in [2.75, 3.05) is 0 Å². The number of fused-ring (bicyclic) bond motifs is 1. The summed E-state index contributed by atoms with van der Waals surface area (Å²) in [5.74, 6) is 0.725.